The Kier molecular flexibility index (Phi) is 6.06. The van der Waals surface area contributed by atoms with Gasteiger partial charge in [-0.25, -0.2) is 9.97 Å². The average molecular weight is 336 g/mol. The molecule has 1 aliphatic carbocycles. The van der Waals surface area contributed by atoms with Crippen molar-refractivity contribution in [2.75, 3.05) is 0 Å². The van der Waals surface area contributed by atoms with Gasteiger partial charge >= 0.3 is 0 Å². The summed E-state index contributed by atoms with van der Waals surface area (Å²) in [4.78, 5) is 21.5. The fourth-order valence-electron chi connectivity index (χ4n) is 3.09. The lowest BCUT2D eigenvalue weighted by Gasteiger charge is -2.35. The lowest BCUT2D eigenvalue weighted by atomic mass is 9.78. The maximum Gasteiger partial charge on any atom is 0.233 e. The van der Waals surface area contributed by atoms with Gasteiger partial charge in [-0.15, -0.1) is 0 Å². The molecule has 1 saturated carbocycles. The van der Waals surface area contributed by atoms with E-state index in [4.69, 9.17) is 0 Å². The second kappa shape index (κ2) is 7.65. The predicted molar refractivity (Wildman–Crippen MR) is 95.7 cm³/mol. The molecule has 1 aromatic heterocycles. The van der Waals surface area contributed by atoms with Crippen LogP contribution in [-0.2, 0) is 4.79 Å². The van der Waals surface area contributed by atoms with Crippen molar-refractivity contribution in [1.29, 1.82) is 0 Å². The molecule has 2 rings (SSSR count). The molecule has 1 aromatic rings. The summed E-state index contributed by atoms with van der Waals surface area (Å²) in [6.07, 6.45) is 3.57. The Morgan fingerprint density at radius 2 is 1.78 bits per heavy atom. The molecule has 0 radical (unpaired) electrons. The van der Waals surface area contributed by atoms with Gasteiger partial charge in [-0.2, -0.15) is 0 Å². The summed E-state index contributed by atoms with van der Waals surface area (Å²) < 4.78 is 0. The molecule has 0 saturated heterocycles. The Morgan fingerprint density at radius 3 is 2.39 bits per heavy atom. The summed E-state index contributed by atoms with van der Waals surface area (Å²) in [5, 5.41) is 3.76. The molecule has 0 spiro atoms. The van der Waals surface area contributed by atoms with Gasteiger partial charge in [0, 0.05) is 17.4 Å². The highest BCUT2D eigenvalue weighted by atomic mass is 32.2. The number of carbonyl (C=O) groups is 1. The van der Waals surface area contributed by atoms with Gasteiger partial charge in [-0.05, 0) is 51.5 Å². The van der Waals surface area contributed by atoms with E-state index < -0.39 is 0 Å². The van der Waals surface area contributed by atoms with E-state index in [0.29, 0.717) is 23.0 Å². The lowest BCUT2D eigenvalue weighted by Crippen LogP contribution is -2.46. The minimum absolute atomic E-state index is 0.0976. The molecule has 4 nitrogen and oxygen atoms in total. The van der Waals surface area contributed by atoms with Gasteiger partial charge in [0.25, 0.3) is 0 Å². The monoisotopic (exact) mass is 335 g/mol. The summed E-state index contributed by atoms with van der Waals surface area (Å²) >= 11 is 1.45. The van der Waals surface area contributed by atoms with Gasteiger partial charge in [-0.1, -0.05) is 38.5 Å². The number of aryl methyl sites for hydroxylation is 2. The van der Waals surface area contributed by atoms with E-state index in [2.05, 4.69) is 29.1 Å². The number of nitrogens with zero attached hydrogens (tertiary/aromatic N) is 2. The largest absolute Gasteiger partial charge is 0.352 e. The van der Waals surface area contributed by atoms with Crippen molar-refractivity contribution < 1.29 is 4.79 Å². The number of aromatic nitrogens is 2. The highest BCUT2D eigenvalue weighted by Gasteiger charge is 2.29. The third kappa shape index (κ3) is 4.46. The van der Waals surface area contributed by atoms with Gasteiger partial charge in [0.15, 0.2) is 5.16 Å². The summed E-state index contributed by atoms with van der Waals surface area (Å²) in [7, 11) is 0. The molecule has 0 aromatic carbocycles. The van der Waals surface area contributed by atoms with E-state index in [1.165, 1.54) is 24.6 Å². The fourth-order valence-corrected chi connectivity index (χ4v) is 3.96. The minimum Gasteiger partial charge on any atom is -0.352 e. The van der Waals surface area contributed by atoms with Gasteiger partial charge in [0.05, 0.1) is 5.25 Å². The molecular formula is C18H29N3OS. The molecule has 23 heavy (non-hydrogen) atoms. The number of hydrogen-bond acceptors (Lipinski definition) is 4. The van der Waals surface area contributed by atoms with Crippen molar-refractivity contribution in [1.82, 2.24) is 15.3 Å². The molecule has 1 aliphatic rings. The van der Waals surface area contributed by atoms with Crippen LogP contribution < -0.4 is 5.32 Å². The standard InChI is InChI=1S/C18H29N3OS/c1-10-8-7-9-16(11(10)2)21-17(22)15(6)23-18-19-13(4)12(3)14(5)20-18/h10-11,15-16H,7-9H2,1-6H3,(H,21,22)/t10-,11-,15+,16+/m0/s1. The van der Waals surface area contributed by atoms with Gasteiger partial charge in [-0.3, -0.25) is 4.79 Å². The molecule has 0 aliphatic heterocycles. The van der Waals surface area contributed by atoms with Crippen LogP contribution in [0.1, 0.15) is 57.0 Å². The van der Waals surface area contributed by atoms with E-state index in [9.17, 15) is 4.79 Å². The molecule has 0 unspecified atom stereocenters. The van der Waals surface area contributed by atoms with E-state index in [1.807, 2.05) is 27.7 Å². The zero-order chi connectivity index (χ0) is 17.1. The van der Waals surface area contributed by atoms with Crippen molar-refractivity contribution in [3.8, 4) is 0 Å². The van der Waals surface area contributed by atoms with Crippen molar-refractivity contribution in [3.63, 3.8) is 0 Å². The van der Waals surface area contributed by atoms with Gasteiger partial charge in [0.2, 0.25) is 5.91 Å². The fraction of sp³-hybridized carbons (Fsp3) is 0.722. The molecule has 1 fully saturated rings. The predicted octanol–water partition coefficient (Wildman–Crippen LogP) is 3.82. The third-order valence-electron chi connectivity index (χ3n) is 5.30. The zero-order valence-corrected chi connectivity index (χ0v) is 16.0. The number of thioether (sulfide) groups is 1. The normalized spacial score (nSPS) is 25.9. The quantitative estimate of drug-likeness (QED) is 0.671. The Hall–Kier alpha value is -1.10. The maximum absolute atomic E-state index is 12.5. The number of amides is 1. The number of rotatable bonds is 4. The van der Waals surface area contributed by atoms with E-state index in [-0.39, 0.29) is 11.2 Å². The van der Waals surface area contributed by atoms with Crippen LogP contribution in [0.5, 0.6) is 0 Å². The van der Waals surface area contributed by atoms with E-state index in [1.54, 1.807) is 0 Å². The summed E-state index contributed by atoms with van der Waals surface area (Å²) in [5.41, 5.74) is 3.10. The van der Waals surface area contributed by atoms with Gasteiger partial charge in [0.1, 0.15) is 0 Å². The first kappa shape index (κ1) is 18.2. The first-order valence-corrected chi connectivity index (χ1v) is 9.46. The Labute approximate surface area is 144 Å². The Morgan fingerprint density at radius 1 is 1.17 bits per heavy atom. The van der Waals surface area contributed by atoms with Crippen LogP contribution in [0.15, 0.2) is 5.16 Å². The van der Waals surface area contributed by atoms with Crippen LogP contribution in [0, 0.1) is 32.6 Å². The maximum atomic E-state index is 12.5. The third-order valence-corrected chi connectivity index (χ3v) is 6.26. The smallest absolute Gasteiger partial charge is 0.233 e. The Bertz CT molecular complexity index is 552. The van der Waals surface area contributed by atoms with Crippen LogP contribution in [0.2, 0.25) is 0 Å². The summed E-state index contributed by atoms with van der Waals surface area (Å²) in [6.45, 7) is 12.5. The van der Waals surface area contributed by atoms with Crippen LogP contribution >= 0.6 is 11.8 Å². The second-order valence-electron chi connectivity index (χ2n) is 6.94. The van der Waals surface area contributed by atoms with Crippen LogP contribution in [0.25, 0.3) is 0 Å². The molecule has 1 N–H and O–H groups in total. The first-order chi connectivity index (χ1) is 10.8. The molecule has 4 atom stereocenters. The van der Waals surface area contributed by atoms with Crippen molar-refractivity contribution >= 4 is 17.7 Å². The van der Waals surface area contributed by atoms with Crippen LogP contribution in [-0.4, -0.2) is 27.2 Å². The summed E-state index contributed by atoms with van der Waals surface area (Å²) in [6, 6.07) is 0.303. The lowest BCUT2D eigenvalue weighted by molar-refractivity contribution is -0.121. The number of carbonyl (C=O) groups excluding carboxylic acids is 1. The molecule has 0 bridgehead atoms. The van der Waals surface area contributed by atoms with Crippen LogP contribution in [0.4, 0.5) is 0 Å². The molecule has 1 heterocycles. The second-order valence-corrected chi connectivity index (χ2v) is 8.25. The number of hydrogen-bond donors (Lipinski definition) is 1. The highest BCUT2D eigenvalue weighted by Crippen LogP contribution is 2.30. The minimum atomic E-state index is -0.180. The highest BCUT2D eigenvalue weighted by molar-refractivity contribution is 8.00. The molecule has 128 valence electrons. The van der Waals surface area contributed by atoms with E-state index >= 15 is 0 Å². The average Bonchev–Trinajstić information content (AvgIpc) is 2.49. The van der Waals surface area contributed by atoms with Crippen LogP contribution in [0.3, 0.4) is 0 Å². The number of nitrogens with one attached hydrogen (secondary N) is 1. The van der Waals surface area contributed by atoms with Crippen molar-refractivity contribution in [3.05, 3.63) is 17.0 Å². The summed E-state index contributed by atoms with van der Waals surface area (Å²) in [5.74, 6) is 1.33. The SMILES string of the molecule is Cc1nc(S[C@H](C)C(=O)N[C@@H]2CCC[C@H](C)[C@@H]2C)nc(C)c1C. The topological polar surface area (TPSA) is 54.9 Å². The zero-order valence-electron chi connectivity index (χ0n) is 15.1. The molecule has 1 amide bonds. The molecular weight excluding hydrogens is 306 g/mol. The van der Waals surface area contributed by atoms with Crippen molar-refractivity contribution in [2.45, 2.75) is 77.3 Å². The van der Waals surface area contributed by atoms with Crippen molar-refractivity contribution in [2.24, 2.45) is 11.8 Å². The van der Waals surface area contributed by atoms with Gasteiger partial charge < -0.3 is 5.32 Å². The first-order valence-electron chi connectivity index (χ1n) is 8.58. The molecule has 5 heteroatoms. The van der Waals surface area contributed by atoms with E-state index in [0.717, 1.165) is 23.4 Å². The Balaban J connectivity index is 1.97.